The molecule has 10 heavy (non-hydrogen) atoms. The van der Waals surface area contributed by atoms with Crippen LogP contribution in [0.25, 0.3) is 0 Å². The molecule has 0 radical (unpaired) electrons. The second-order valence-corrected chi connectivity index (χ2v) is 2.75. The van der Waals surface area contributed by atoms with E-state index in [4.69, 9.17) is 24.4 Å². The van der Waals surface area contributed by atoms with Crippen molar-refractivity contribution in [3.63, 3.8) is 0 Å². The average Bonchev–Trinajstić information content (AvgIpc) is 1.93. The molecule has 0 unspecified atom stereocenters. The molecule has 0 atom stereocenters. The van der Waals surface area contributed by atoms with Crippen LogP contribution in [0.3, 0.4) is 0 Å². The largest absolute Gasteiger partial charge is 0.310 e. The number of nitrogens with one attached hydrogen (secondary N) is 1. The van der Waals surface area contributed by atoms with Gasteiger partial charge in [0.05, 0.1) is 5.69 Å². The average molecular weight is 173 g/mol. The summed E-state index contributed by atoms with van der Waals surface area (Å²) in [5, 5.41) is 6.55. The van der Waals surface area contributed by atoms with Crippen LogP contribution in [0.1, 0.15) is 5.69 Å². The van der Waals surface area contributed by atoms with Gasteiger partial charge in [-0.15, -0.1) is 0 Å². The van der Waals surface area contributed by atoms with Crippen LogP contribution >= 0.6 is 24.4 Å². The first-order chi connectivity index (χ1) is 4.63. The predicted molar refractivity (Wildman–Crippen MR) is 44.0 cm³/mol. The molecule has 0 aliphatic rings. The second kappa shape index (κ2) is 2.59. The van der Waals surface area contributed by atoms with E-state index >= 15 is 0 Å². The summed E-state index contributed by atoms with van der Waals surface area (Å²) in [5.74, 6) is 0. The Labute approximate surface area is 68.7 Å². The molecule has 1 aromatic rings. The van der Waals surface area contributed by atoms with Crippen molar-refractivity contribution in [2.24, 2.45) is 7.05 Å². The van der Waals surface area contributed by atoms with E-state index in [1.807, 2.05) is 14.0 Å². The van der Waals surface area contributed by atoms with Crippen LogP contribution in [0.5, 0.6) is 0 Å². The fourth-order valence-corrected chi connectivity index (χ4v) is 0.921. The summed E-state index contributed by atoms with van der Waals surface area (Å²) in [5.41, 5.74) is 0.797. The molecule has 5 heteroatoms. The molecule has 0 aliphatic heterocycles. The first-order valence-corrected chi connectivity index (χ1v) is 3.57. The second-order valence-electron chi connectivity index (χ2n) is 1.98. The van der Waals surface area contributed by atoms with Crippen LogP contribution in [0.2, 0.25) is 0 Å². The molecular weight excluding hydrogens is 166 g/mol. The number of rotatable bonds is 0. The Morgan fingerprint density at radius 3 is 2.60 bits per heavy atom. The summed E-state index contributed by atoms with van der Waals surface area (Å²) >= 11 is 9.87. The van der Waals surface area contributed by atoms with Crippen LogP contribution < -0.4 is 0 Å². The van der Waals surface area contributed by atoms with E-state index in [9.17, 15) is 0 Å². The number of hydrogen-bond donors (Lipinski definition) is 1. The van der Waals surface area contributed by atoms with Crippen molar-refractivity contribution in [1.29, 1.82) is 0 Å². The number of aryl methyl sites for hydroxylation is 1. The van der Waals surface area contributed by atoms with Crippen molar-refractivity contribution in [2.75, 3.05) is 0 Å². The van der Waals surface area contributed by atoms with E-state index in [1.54, 1.807) is 4.57 Å². The maximum absolute atomic E-state index is 5.00. The third-order valence-electron chi connectivity index (χ3n) is 1.24. The Morgan fingerprint density at radius 1 is 1.50 bits per heavy atom. The molecule has 1 aromatic heterocycles. The lowest BCUT2D eigenvalue weighted by Gasteiger charge is -1.98. The zero-order chi connectivity index (χ0) is 7.72. The normalized spacial score (nSPS) is 9.80. The molecule has 0 bridgehead atoms. The molecule has 0 amide bonds. The Morgan fingerprint density at radius 2 is 2.10 bits per heavy atom. The van der Waals surface area contributed by atoms with Crippen LogP contribution in [0.4, 0.5) is 0 Å². The lowest BCUT2D eigenvalue weighted by molar-refractivity contribution is 0.757. The van der Waals surface area contributed by atoms with E-state index in [0.717, 1.165) is 5.69 Å². The van der Waals surface area contributed by atoms with Crippen molar-refractivity contribution in [2.45, 2.75) is 6.92 Å². The smallest absolute Gasteiger partial charge is 0.194 e. The first-order valence-electron chi connectivity index (χ1n) is 2.75. The molecule has 54 valence electrons. The van der Waals surface area contributed by atoms with Gasteiger partial charge in [0.1, 0.15) is 4.64 Å². The third kappa shape index (κ3) is 1.15. The van der Waals surface area contributed by atoms with Crippen molar-refractivity contribution in [3.8, 4) is 0 Å². The van der Waals surface area contributed by atoms with Crippen molar-refractivity contribution >= 4 is 24.4 Å². The minimum absolute atomic E-state index is 0.551. The van der Waals surface area contributed by atoms with E-state index in [2.05, 4.69) is 10.2 Å². The quantitative estimate of drug-likeness (QED) is 0.604. The Balaban J connectivity index is 3.66. The molecule has 0 saturated heterocycles. The summed E-state index contributed by atoms with van der Waals surface area (Å²) in [6, 6.07) is 0. The molecule has 0 spiro atoms. The monoisotopic (exact) mass is 173 g/mol. The van der Waals surface area contributed by atoms with Gasteiger partial charge in [0.15, 0.2) is 4.77 Å². The number of aromatic nitrogens is 3. The maximum atomic E-state index is 5.00. The zero-order valence-corrected chi connectivity index (χ0v) is 7.34. The van der Waals surface area contributed by atoms with Crippen molar-refractivity contribution in [3.05, 3.63) is 15.1 Å². The van der Waals surface area contributed by atoms with Gasteiger partial charge in [-0.2, -0.15) is 5.10 Å². The van der Waals surface area contributed by atoms with Gasteiger partial charge in [-0.05, 0) is 19.1 Å². The van der Waals surface area contributed by atoms with Crippen molar-refractivity contribution in [1.82, 2.24) is 14.8 Å². The van der Waals surface area contributed by atoms with Gasteiger partial charge in [-0.3, -0.25) is 5.10 Å². The van der Waals surface area contributed by atoms with Gasteiger partial charge in [0, 0.05) is 7.05 Å². The van der Waals surface area contributed by atoms with Gasteiger partial charge >= 0.3 is 0 Å². The van der Waals surface area contributed by atoms with Crippen molar-refractivity contribution < 1.29 is 0 Å². The lowest BCUT2D eigenvalue weighted by Crippen LogP contribution is -2.01. The van der Waals surface area contributed by atoms with Crippen LogP contribution in [-0.4, -0.2) is 14.8 Å². The standard InChI is InChI=1S/C5H7N3S2/c1-3-4(9)8(2)5(10)7-6-3/h1-2H3,(H,7,10). The minimum Gasteiger partial charge on any atom is -0.310 e. The number of H-pyrrole nitrogens is 1. The predicted octanol–water partition coefficient (Wildman–Crippen LogP) is 1.52. The molecular formula is C5H7N3S2. The van der Waals surface area contributed by atoms with E-state index in [0.29, 0.717) is 9.41 Å². The topological polar surface area (TPSA) is 33.6 Å². The Bertz CT molecular complexity index is 349. The van der Waals surface area contributed by atoms with E-state index in [1.165, 1.54) is 0 Å². The molecule has 0 fully saturated rings. The lowest BCUT2D eigenvalue weighted by atomic mass is 10.5. The van der Waals surface area contributed by atoms with Gasteiger partial charge < -0.3 is 4.57 Å². The highest BCUT2D eigenvalue weighted by Crippen LogP contribution is 1.93. The van der Waals surface area contributed by atoms with Gasteiger partial charge in [-0.25, -0.2) is 0 Å². The van der Waals surface area contributed by atoms with Gasteiger partial charge in [0.2, 0.25) is 0 Å². The Hall–Kier alpha value is -0.550. The SMILES string of the molecule is Cc1n[nH]c(=S)n(C)c1=S. The molecule has 0 aliphatic carbocycles. The van der Waals surface area contributed by atoms with E-state index in [-0.39, 0.29) is 0 Å². The summed E-state index contributed by atoms with van der Waals surface area (Å²) in [4.78, 5) is 0. The molecule has 1 heterocycles. The number of aromatic amines is 1. The summed E-state index contributed by atoms with van der Waals surface area (Å²) < 4.78 is 2.95. The molecule has 1 N–H and O–H groups in total. The first kappa shape index (κ1) is 7.56. The zero-order valence-electron chi connectivity index (χ0n) is 5.71. The fourth-order valence-electron chi connectivity index (χ4n) is 0.589. The highest BCUT2D eigenvalue weighted by atomic mass is 32.1. The Kier molecular flexibility index (Phi) is 1.96. The molecule has 1 rings (SSSR count). The highest BCUT2D eigenvalue weighted by molar-refractivity contribution is 7.72. The minimum atomic E-state index is 0.551. The fraction of sp³-hybridized carbons (Fsp3) is 0.400. The van der Waals surface area contributed by atoms with Crippen LogP contribution in [-0.2, 0) is 7.05 Å². The summed E-state index contributed by atoms with van der Waals surface area (Å²) in [6.07, 6.45) is 0. The molecule has 3 nitrogen and oxygen atoms in total. The number of nitrogens with zero attached hydrogens (tertiary/aromatic N) is 2. The highest BCUT2D eigenvalue weighted by Gasteiger charge is 1.91. The molecule has 0 saturated carbocycles. The van der Waals surface area contributed by atoms with E-state index < -0.39 is 0 Å². The maximum Gasteiger partial charge on any atom is 0.194 e. The van der Waals surface area contributed by atoms with Gasteiger partial charge in [-0.1, -0.05) is 12.2 Å². The molecule has 0 aromatic carbocycles. The third-order valence-corrected chi connectivity index (χ3v) is 2.17. The van der Waals surface area contributed by atoms with Crippen LogP contribution in [0, 0.1) is 16.3 Å². The van der Waals surface area contributed by atoms with Crippen LogP contribution in [0.15, 0.2) is 0 Å². The number of hydrogen-bond acceptors (Lipinski definition) is 3. The van der Waals surface area contributed by atoms with Gasteiger partial charge in [0.25, 0.3) is 0 Å². The summed E-state index contributed by atoms with van der Waals surface area (Å²) in [6.45, 7) is 1.84. The summed E-state index contributed by atoms with van der Waals surface area (Å²) in [7, 11) is 1.82.